The lowest BCUT2D eigenvalue weighted by atomic mass is 9.93. The monoisotopic (exact) mass is 1520 g/mol. The molecular weight excluding hydrogens is 1420 g/mol. The predicted octanol–water partition coefficient (Wildman–Crippen LogP) is -17.7. The van der Waals surface area contributed by atoms with Gasteiger partial charge in [0.25, 0.3) is 0 Å². The molecule has 0 saturated carbocycles. The number of rotatable bonds is 27. The summed E-state index contributed by atoms with van der Waals surface area (Å²) < 4.78 is 91.8. The highest BCUT2D eigenvalue weighted by atomic mass is 16.8. The summed E-state index contributed by atoms with van der Waals surface area (Å²) in [6.07, 6.45) is -74.5. The van der Waals surface area contributed by atoms with E-state index in [0.717, 1.165) is 34.6 Å². The molecule has 0 radical (unpaired) electrons. The van der Waals surface area contributed by atoms with Crippen LogP contribution < -0.4 is 26.6 Å². The zero-order chi connectivity index (χ0) is 76.8. The van der Waals surface area contributed by atoms with Crippen molar-refractivity contribution in [2.45, 2.75) is 280 Å². The first-order chi connectivity index (χ1) is 49.2. The van der Waals surface area contributed by atoms with Gasteiger partial charge in [-0.2, -0.15) is 0 Å². The molecule has 0 aromatic heterocycles. The van der Waals surface area contributed by atoms with Crippen LogP contribution in [0.1, 0.15) is 34.6 Å². The van der Waals surface area contributed by atoms with Crippen molar-refractivity contribution in [3.05, 3.63) is 0 Å². The zero-order valence-electron chi connectivity index (χ0n) is 56.3. The van der Waals surface area contributed by atoms with Crippen molar-refractivity contribution in [1.29, 1.82) is 0 Å². The summed E-state index contributed by atoms with van der Waals surface area (Å²) >= 11 is 0. The number of aliphatic hydroxyl groups is 21. The van der Waals surface area contributed by atoms with Gasteiger partial charge in [0, 0.05) is 34.6 Å². The number of nitrogens with one attached hydrogen (secondary N) is 5. The quantitative estimate of drug-likeness (QED) is 0.0363. The SMILES string of the molecule is CC(=O)N[C@H]1[C@H](O[C@@H]2[C@@H](O[C@@H]3[C@H](O)[C@H](O[C@H]4[C@H](O)[C@@H](NC(C)=O)C(O)O[C@@H]4CO)O[C@H](CO[C@H]4O[C@H](CO)[C@@H](O)[C@H](O)[C@@H]4O[C@@H]4O[C@H](CO)[C@@H](O)[C@H](O)[C@H]4NC(C)=O)[C@H]3O[C@@H]3O[C@H](CO)[C@@H](O)[C@H](O)[C@H]3NC(C)=O)O[C@H](CO)[C@@H](O[C@@H]3O[C@H](CO)[C@@H](O)[C@H](O)[C@H]3NC(C)=O)[C@@H]2O)O[C@H](CO)[C@@H](O)[C@@H]1O. The molecular formula is C58H97N5O41. The summed E-state index contributed by atoms with van der Waals surface area (Å²) in [4.78, 5) is 63.4. The number of carbonyl (C=O) groups excluding carboxylic acids is 5. The maximum atomic E-state index is 13.1. The van der Waals surface area contributed by atoms with Gasteiger partial charge in [0.05, 0.1) is 52.9 Å². The van der Waals surface area contributed by atoms with Crippen LogP contribution in [0.5, 0.6) is 0 Å². The third kappa shape index (κ3) is 19.2. The van der Waals surface area contributed by atoms with Crippen molar-refractivity contribution >= 4 is 29.5 Å². The van der Waals surface area contributed by atoms with Gasteiger partial charge in [-0.15, -0.1) is 0 Å². The lowest BCUT2D eigenvalue weighted by molar-refractivity contribution is -0.411. The largest absolute Gasteiger partial charge is 0.394 e. The molecule has 0 aliphatic carbocycles. The third-order valence-electron chi connectivity index (χ3n) is 18.7. The van der Waals surface area contributed by atoms with E-state index in [2.05, 4.69) is 26.6 Å². The zero-order valence-corrected chi connectivity index (χ0v) is 56.3. The van der Waals surface area contributed by atoms with Gasteiger partial charge in [0.1, 0.15) is 195 Å². The molecule has 46 heteroatoms. The highest BCUT2D eigenvalue weighted by molar-refractivity contribution is 5.75. The summed E-state index contributed by atoms with van der Waals surface area (Å²) in [6, 6.07) is -9.25. The molecule has 26 N–H and O–H groups in total. The molecule has 104 heavy (non-hydrogen) atoms. The summed E-state index contributed by atoms with van der Waals surface area (Å²) in [5.41, 5.74) is 0. The first-order valence-corrected chi connectivity index (χ1v) is 33.1. The molecule has 8 fully saturated rings. The van der Waals surface area contributed by atoms with Gasteiger partial charge in [0.2, 0.25) is 29.5 Å². The molecule has 8 rings (SSSR count). The van der Waals surface area contributed by atoms with E-state index in [4.69, 9.17) is 71.1 Å². The first-order valence-electron chi connectivity index (χ1n) is 33.1. The van der Waals surface area contributed by atoms with Crippen LogP contribution in [0, 0.1) is 0 Å². The molecule has 0 bridgehead atoms. The number of carbonyl (C=O) groups is 5. The van der Waals surface area contributed by atoms with Crippen molar-refractivity contribution in [1.82, 2.24) is 26.6 Å². The number of ether oxygens (including phenoxy) is 15. The van der Waals surface area contributed by atoms with Crippen LogP contribution in [0.25, 0.3) is 0 Å². The Morgan fingerprint density at radius 3 is 0.885 bits per heavy atom. The molecule has 8 saturated heterocycles. The van der Waals surface area contributed by atoms with Crippen LogP contribution in [0.2, 0.25) is 0 Å². The summed E-state index contributed by atoms with van der Waals surface area (Å²) in [6.45, 7) is -4.19. The standard InChI is InChI=1S/C58H97N5O41/c1-14(71)59-27-41(85)45(24(11-69)91-51(27)89)100-56-44(88)48(102-58-50(104-55-31(63-18(5)75)40(84)35(79)22(9-67)95-55)43(87)46(25(12-70)97-58)99-52-28(60-15(2)72)37(81)32(76)19(6-64)92-52)47(101-53-29(61-16(3)73)38(82)33(77)20(7-65)93-53)26(98-56)13-90-57-49(42(86)36(80)23(10-68)96-57)103-54-30(62-17(4)74)39(83)34(78)21(8-66)94-54/h19-58,64-70,76-89H,6-13H2,1-5H3,(H,59,71)(H,60,72)(H,61,73)(H,62,74)(H,63,75)/t19-,20-,21-,22-,23-,24-,25-,26-,27-,28-,29-,30-,31-,32-,33-,34-,35-,36-,37-,38-,39-,40-,41-,42+,43+,44+,45-,46-,47-,48-,49+,50+,51?,52+,53+,54+,55+,56+,57+,58-/m1/s1. The molecule has 8 aliphatic rings. The molecule has 5 amide bonds. The molecule has 8 aliphatic heterocycles. The second-order valence-electron chi connectivity index (χ2n) is 26.1. The van der Waals surface area contributed by atoms with E-state index in [1.807, 2.05) is 0 Å². The lowest BCUT2D eigenvalue weighted by Gasteiger charge is -2.52. The van der Waals surface area contributed by atoms with Crippen LogP contribution >= 0.6 is 0 Å². The van der Waals surface area contributed by atoms with Gasteiger partial charge in [-0.05, 0) is 0 Å². The summed E-state index contributed by atoms with van der Waals surface area (Å²) in [5.74, 6) is -4.49. The molecule has 0 aromatic carbocycles. The number of amides is 5. The van der Waals surface area contributed by atoms with Crippen molar-refractivity contribution in [2.75, 3.05) is 52.9 Å². The van der Waals surface area contributed by atoms with Crippen molar-refractivity contribution < 1.29 is 202 Å². The minimum absolute atomic E-state index is 0.859. The minimum atomic E-state index is -2.65. The molecule has 600 valence electrons. The maximum absolute atomic E-state index is 13.1. The van der Waals surface area contributed by atoms with E-state index in [0.29, 0.717) is 0 Å². The van der Waals surface area contributed by atoms with E-state index in [-0.39, 0.29) is 0 Å². The second kappa shape index (κ2) is 37.5. The van der Waals surface area contributed by atoms with Crippen molar-refractivity contribution in [3.63, 3.8) is 0 Å². The molecule has 0 aromatic rings. The predicted molar refractivity (Wildman–Crippen MR) is 322 cm³/mol. The van der Waals surface area contributed by atoms with Gasteiger partial charge >= 0.3 is 0 Å². The third-order valence-corrected chi connectivity index (χ3v) is 18.7. The highest BCUT2D eigenvalue weighted by Crippen LogP contribution is 2.40. The fraction of sp³-hybridized carbons (Fsp3) is 0.914. The van der Waals surface area contributed by atoms with E-state index >= 15 is 0 Å². The number of hydrogen-bond donors (Lipinski definition) is 26. The second-order valence-corrected chi connectivity index (χ2v) is 26.1. The highest BCUT2D eigenvalue weighted by Gasteiger charge is 2.61. The van der Waals surface area contributed by atoms with E-state index in [1.54, 1.807) is 0 Å². The Labute approximate surface area is 589 Å². The Morgan fingerprint density at radius 1 is 0.250 bits per heavy atom. The van der Waals surface area contributed by atoms with Crippen molar-refractivity contribution in [2.24, 2.45) is 0 Å². The van der Waals surface area contributed by atoms with Gasteiger partial charge in [0.15, 0.2) is 50.3 Å². The average molecular weight is 1520 g/mol. The first kappa shape index (κ1) is 85.5. The Bertz CT molecular complexity index is 2770. The Balaban J connectivity index is 1.31. The minimum Gasteiger partial charge on any atom is -0.394 e. The molecule has 40 atom stereocenters. The molecule has 8 heterocycles. The Hall–Kier alpha value is -4.09. The average Bonchev–Trinajstić information content (AvgIpc) is 0.759. The van der Waals surface area contributed by atoms with Gasteiger partial charge in [-0.25, -0.2) is 0 Å². The fourth-order valence-corrected chi connectivity index (χ4v) is 13.4. The smallest absolute Gasteiger partial charge is 0.217 e. The normalized spacial score (nSPS) is 47.2. The van der Waals surface area contributed by atoms with E-state index < -0.39 is 328 Å². The van der Waals surface area contributed by atoms with E-state index in [1.165, 1.54) is 0 Å². The maximum Gasteiger partial charge on any atom is 0.217 e. The summed E-state index contributed by atoms with van der Waals surface area (Å²) in [7, 11) is 0. The summed E-state index contributed by atoms with van der Waals surface area (Å²) in [5, 5.41) is 247. The van der Waals surface area contributed by atoms with Crippen LogP contribution in [0.3, 0.4) is 0 Å². The topological polar surface area (TPSA) is 709 Å². The lowest BCUT2D eigenvalue weighted by Crippen LogP contribution is -2.71. The number of aliphatic hydroxyl groups excluding tert-OH is 21. The molecule has 0 spiro atoms. The van der Waals surface area contributed by atoms with Crippen LogP contribution in [0.15, 0.2) is 0 Å². The Kier molecular flexibility index (Phi) is 30.9. The fourth-order valence-electron chi connectivity index (χ4n) is 13.4. The number of hydrogen-bond acceptors (Lipinski definition) is 41. The van der Waals surface area contributed by atoms with Gasteiger partial charge < -0.3 is 205 Å². The van der Waals surface area contributed by atoms with Crippen LogP contribution in [-0.4, -0.2) is 435 Å². The van der Waals surface area contributed by atoms with Gasteiger partial charge in [-0.1, -0.05) is 0 Å². The van der Waals surface area contributed by atoms with Crippen molar-refractivity contribution in [3.8, 4) is 0 Å². The van der Waals surface area contributed by atoms with Gasteiger partial charge in [-0.3, -0.25) is 24.0 Å². The van der Waals surface area contributed by atoms with Crippen LogP contribution in [-0.2, 0) is 95.0 Å². The van der Waals surface area contributed by atoms with Crippen LogP contribution in [0.4, 0.5) is 0 Å². The Morgan fingerprint density at radius 2 is 0.519 bits per heavy atom. The van der Waals surface area contributed by atoms with E-state index in [9.17, 15) is 131 Å². The molecule has 1 unspecified atom stereocenters. The molecule has 46 nitrogen and oxygen atoms in total.